The Labute approximate surface area is 132 Å². The zero-order valence-corrected chi connectivity index (χ0v) is 12.6. The lowest BCUT2D eigenvalue weighted by molar-refractivity contribution is 0.657. The van der Waals surface area contributed by atoms with Gasteiger partial charge in [-0.05, 0) is 6.07 Å². The SMILES string of the molecule is Cn1nc2nc(Cn3cccn3)nc(N)c2c1-c1ccccc1. The highest BCUT2D eigenvalue weighted by Crippen LogP contribution is 2.30. The van der Waals surface area contributed by atoms with E-state index in [1.165, 1.54) is 0 Å². The number of anilines is 1. The Morgan fingerprint density at radius 2 is 1.91 bits per heavy atom. The molecule has 0 aliphatic rings. The minimum absolute atomic E-state index is 0.434. The van der Waals surface area contributed by atoms with Crippen LogP contribution in [0.5, 0.6) is 0 Å². The second-order valence-electron chi connectivity index (χ2n) is 5.27. The number of nitrogen functional groups attached to an aromatic ring is 1. The van der Waals surface area contributed by atoms with Crippen molar-refractivity contribution in [2.75, 3.05) is 5.73 Å². The fourth-order valence-electron chi connectivity index (χ4n) is 2.70. The number of nitrogens with two attached hydrogens (primary N) is 1. The van der Waals surface area contributed by atoms with E-state index >= 15 is 0 Å². The van der Waals surface area contributed by atoms with E-state index in [0.29, 0.717) is 23.8 Å². The van der Waals surface area contributed by atoms with Gasteiger partial charge in [-0.3, -0.25) is 9.36 Å². The fraction of sp³-hybridized carbons (Fsp3) is 0.125. The summed E-state index contributed by atoms with van der Waals surface area (Å²) in [5, 5.41) is 9.44. The third kappa shape index (κ3) is 2.32. The van der Waals surface area contributed by atoms with Crippen LogP contribution < -0.4 is 5.73 Å². The first-order chi connectivity index (χ1) is 11.2. The minimum atomic E-state index is 0.434. The van der Waals surface area contributed by atoms with Crippen molar-refractivity contribution >= 4 is 16.9 Å². The second-order valence-corrected chi connectivity index (χ2v) is 5.27. The largest absolute Gasteiger partial charge is 0.383 e. The van der Waals surface area contributed by atoms with E-state index in [0.717, 1.165) is 16.6 Å². The number of aromatic nitrogens is 6. The van der Waals surface area contributed by atoms with Crippen molar-refractivity contribution in [3.8, 4) is 11.3 Å². The van der Waals surface area contributed by atoms with Crippen LogP contribution in [-0.2, 0) is 13.6 Å². The number of nitrogens with zero attached hydrogens (tertiary/aromatic N) is 6. The smallest absolute Gasteiger partial charge is 0.187 e. The Morgan fingerprint density at radius 1 is 1.09 bits per heavy atom. The molecule has 0 aliphatic carbocycles. The molecule has 0 amide bonds. The molecule has 0 aliphatic heterocycles. The number of aryl methyl sites for hydroxylation is 1. The molecule has 0 unspecified atom stereocenters. The molecule has 23 heavy (non-hydrogen) atoms. The van der Waals surface area contributed by atoms with Crippen molar-refractivity contribution in [2.24, 2.45) is 7.05 Å². The summed E-state index contributed by atoms with van der Waals surface area (Å²) in [4.78, 5) is 8.96. The van der Waals surface area contributed by atoms with Gasteiger partial charge in [0.05, 0.1) is 11.1 Å². The van der Waals surface area contributed by atoms with Crippen LogP contribution in [-0.4, -0.2) is 29.5 Å². The van der Waals surface area contributed by atoms with Gasteiger partial charge in [-0.25, -0.2) is 9.97 Å². The molecule has 0 bridgehead atoms. The first-order valence-electron chi connectivity index (χ1n) is 7.24. The first kappa shape index (κ1) is 13.4. The van der Waals surface area contributed by atoms with E-state index in [4.69, 9.17) is 5.73 Å². The van der Waals surface area contributed by atoms with Crippen LogP contribution in [0.3, 0.4) is 0 Å². The zero-order chi connectivity index (χ0) is 15.8. The summed E-state index contributed by atoms with van der Waals surface area (Å²) in [6, 6.07) is 11.8. The monoisotopic (exact) mass is 305 g/mol. The second kappa shape index (κ2) is 5.20. The molecule has 0 spiro atoms. The molecular formula is C16H15N7. The average molecular weight is 305 g/mol. The molecule has 0 saturated heterocycles. The zero-order valence-electron chi connectivity index (χ0n) is 12.6. The maximum Gasteiger partial charge on any atom is 0.187 e. The van der Waals surface area contributed by atoms with E-state index in [1.54, 1.807) is 15.6 Å². The highest BCUT2D eigenvalue weighted by atomic mass is 15.3. The van der Waals surface area contributed by atoms with Crippen molar-refractivity contribution in [3.63, 3.8) is 0 Å². The van der Waals surface area contributed by atoms with E-state index < -0.39 is 0 Å². The van der Waals surface area contributed by atoms with Gasteiger partial charge in [0.15, 0.2) is 11.5 Å². The number of fused-ring (bicyclic) bond motifs is 1. The number of rotatable bonds is 3. The quantitative estimate of drug-likeness (QED) is 0.624. The maximum atomic E-state index is 6.20. The Hall–Kier alpha value is -3.22. The van der Waals surface area contributed by atoms with Crippen molar-refractivity contribution in [2.45, 2.75) is 6.54 Å². The lowest BCUT2D eigenvalue weighted by Gasteiger charge is -2.05. The lowest BCUT2D eigenvalue weighted by atomic mass is 10.1. The van der Waals surface area contributed by atoms with Gasteiger partial charge in [-0.1, -0.05) is 30.3 Å². The summed E-state index contributed by atoms with van der Waals surface area (Å²) in [7, 11) is 1.89. The molecule has 4 rings (SSSR count). The van der Waals surface area contributed by atoms with Gasteiger partial charge in [0.1, 0.15) is 12.4 Å². The highest BCUT2D eigenvalue weighted by molar-refractivity contribution is 5.98. The highest BCUT2D eigenvalue weighted by Gasteiger charge is 2.17. The van der Waals surface area contributed by atoms with Crippen LogP contribution in [0.25, 0.3) is 22.3 Å². The summed E-state index contributed by atoms with van der Waals surface area (Å²) in [6.07, 6.45) is 3.58. The molecule has 4 aromatic rings. The van der Waals surface area contributed by atoms with Gasteiger partial charge in [-0.15, -0.1) is 0 Å². The van der Waals surface area contributed by atoms with Crippen LogP contribution in [0, 0.1) is 0 Å². The fourth-order valence-corrected chi connectivity index (χ4v) is 2.70. The summed E-state index contributed by atoms with van der Waals surface area (Å²) in [5.41, 5.74) is 8.76. The Balaban J connectivity index is 1.86. The lowest BCUT2D eigenvalue weighted by Crippen LogP contribution is -2.07. The third-order valence-corrected chi connectivity index (χ3v) is 3.68. The summed E-state index contributed by atoms with van der Waals surface area (Å²) in [6.45, 7) is 0.463. The maximum absolute atomic E-state index is 6.20. The molecule has 114 valence electrons. The van der Waals surface area contributed by atoms with E-state index in [-0.39, 0.29) is 0 Å². The number of hydrogen-bond acceptors (Lipinski definition) is 5. The van der Waals surface area contributed by atoms with Gasteiger partial charge >= 0.3 is 0 Å². The Bertz CT molecular complexity index is 955. The van der Waals surface area contributed by atoms with E-state index in [2.05, 4.69) is 20.2 Å². The normalized spacial score (nSPS) is 11.2. The minimum Gasteiger partial charge on any atom is -0.383 e. The van der Waals surface area contributed by atoms with Crippen LogP contribution in [0.2, 0.25) is 0 Å². The van der Waals surface area contributed by atoms with E-state index in [9.17, 15) is 0 Å². The van der Waals surface area contributed by atoms with Crippen molar-refractivity contribution in [3.05, 3.63) is 54.6 Å². The summed E-state index contributed by atoms with van der Waals surface area (Å²) in [5.74, 6) is 1.03. The van der Waals surface area contributed by atoms with Crippen LogP contribution in [0.4, 0.5) is 5.82 Å². The van der Waals surface area contributed by atoms with Gasteiger partial charge in [0.2, 0.25) is 0 Å². The van der Waals surface area contributed by atoms with E-state index in [1.807, 2.05) is 49.6 Å². The molecule has 0 fully saturated rings. The van der Waals surface area contributed by atoms with Crippen LogP contribution in [0.15, 0.2) is 48.8 Å². The molecule has 7 nitrogen and oxygen atoms in total. The predicted molar refractivity (Wildman–Crippen MR) is 87.5 cm³/mol. The van der Waals surface area contributed by atoms with Gasteiger partial charge in [0, 0.05) is 25.0 Å². The molecule has 1 aromatic carbocycles. The topological polar surface area (TPSA) is 87.4 Å². The molecule has 0 saturated carbocycles. The molecule has 3 heterocycles. The molecule has 3 aromatic heterocycles. The predicted octanol–water partition coefficient (Wildman–Crippen LogP) is 1.86. The average Bonchev–Trinajstić information content (AvgIpc) is 3.15. The Morgan fingerprint density at radius 3 is 2.65 bits per heavy atom. The number of benzene rings is 1. The van der Waals surface area contributed by atoms with Gasteiger partial charge in [-0.2, -0.15) is 10.2 Å². The standard InChI is InChI=1S/C16H15N7/c1-22-14(11-6-3-2-4-7-11)13-15(17)19-12(20-16(13)21-22)10-23-9-5-8-18-23/h2-9H,10H2,1H3,(H2,17,19,20,21). The molecular weight excluding hydrogens is 290 g/mol. The van der Waals surface area contributed by atoms with Crippen LogP contribution >= 0.6 is 0 Å². The summed E-state index contributed by atoms with van der Waals surface area (Å²) < 4.78 is 3.55. The Kier molecular flexibility index (Phi) is 3.04. The third-order valence-electron chi connectivity index (χ3n) is 3.68. The van der Waals surface area contributed by atoms with Gasteiger partial charge in [0.25, 0.3) is 0 Å². The van der Waals surface area contributed by atoms with Gasteiger partial charge < -0.3 is 5.73 Å². The summed E-state index contributed by atoms with van der Waals surface area (Å²) >= 11 is 0. The molecule has 0 radical (unpaired) electrons. The molecule has 7 heteroatoms. The van der Waals surface area contributed by atoms with Crippen molar-refractivity contribution < 1.29 is 0 Å². The number of hydrogen-bond donors (Lipinski definition) is 1. The molecule has 2 N–H and O–H groups in total. The molecule has 0 atom stereocenters. The van der Waals surface area contributed by atoms with Crippen molar-refractivity contribution in [1.29, 1.82) is 0 Å². The van der Waals surface area contributed by atoms with Crippen molar-refractivity contribution in [1.82, 2.24) is 29.5 Å². The van der Waals surface area contributed by atoms with Crippen LogP contribution in [0.1, 0.15) is 5.82 Å². The first-order valence-corrected chi connectivity index (χ1v) is 7.24.